The molecule has 0 aliphatic heterocycles. The largest absolute Gasteiger partial charge is 0.497 e. The second-order valence-corrected chi connectivity index (χ2v) is 8.72. The second-order valence-electron chi connectivity index (χ2n) is 6.24. The molecule has 158 valence electrons. The zero-order valence-electron chi connectivity index (χ0n) is 16.2. The molecule has 0 atom stereocenters. The predicted octanol–water partition coefficient (Wildman–Crippen LogP) is 2.34. The van der Waals surface area contributed by atoms with Crippen LogP contribution in [0.1, 0.15) is 5.89 Å². The van der Waals surface area contributed by atoms with Gasteiger partial charge in [-0.05, 0) is 36.4 Å². The normalized spacial score (nSPS) is 11.5. The zero-order chi connectivity index (χ0) is 21.7. The lowest BCUT2D eigenvalue weighted by Gasteiger charge is -2.16. The molecule has 0 saturated heterocycles. The first kappa shape index (κ1) is 21.8. The van der Waals surface area contributed by atoms with Crippen LogP contribution in [0.4, 0.5) is 0 Å². The highest BCUT2D eigenvalue weighted by atomic mass is 35.5. The lowest BCUT2D eigenvalue weighted by Crippen LogP contribution is -2.38. The molecule has 9 nitrogen and oxygen atoms in total. The van der Waals surface area contributed by atoms with E-state index < -0.39 is 15.9 Å². The Bertz CT molecular complexity index is 1130. The molecule has 0 saturated carbocycles. The van der Waals surface area contributed by atoms with Crippen molar-refractivity contribution in [2.45, 2.75) is 11.4 Å². The molecule has 1 N–H and O–H groups in total. The smallest absolute Gasteiger partial charge is 0.246 e. The van der Waals surface area contributed by atoms with Crippen molar-refractivity contribution in [1.82, 2.24) is 19.8 Å². The van der Waals surface area contributed by atoms with Crippen LogP contribution in [0.3, 0.4) is 0 Å². The van der Waals surface area contributed by atoms with Gasteiger partial charge in [-0.1, -0.05) is 28.9 Å². The van der Waals surface area contributed by atoms with Crippen molar-refractivity contribution < 1.29 is 22.5 Å². The summed E-state index contributed by atoms with van der Waals surface area (Å²) in [6.07, 6.45) is 0. The number of carbonyl (C=O) groups is 1. The van der Waals surface area contributed by atoms with Gasteiger partial charge < -0.3 is 14.6 Å². The third-order valence-corrected chi connectivity index (χ3v) is 6.17. The van der Waals surface area contributed by atoms with Crippen molar-refractivity contribution in [1.29, 1.82) is 0 Å². The number of halogens is 1. The Kier molecular flexibility index (Phi) is 6.70. The topological polar surface area (TPSA) is 115 Å². The molecule has 0 aliphatic rings. The summed E-state index contributed by atoms with van der Waals surface area (Å²) in [6.45, 7) is -0.410. The number of hydrogen-bond acceptors (Lipinski definition) is 7. The fourth-order valence-corrected chi connectivity index (χ4v) is 3.83. The minimum Gasteiger partial charge on any atom is -0.497 e. The maximum Gasteiger partial charge on any atom is 0.246 e. The van der Waals surface area contributed by atoms with Crippen LogP contribution in [0, 0.1) is 0 Å². The number of rotatable bonds is 8. The lowest BCUT2D eigenvalue weighted by atomic mass is 10.2. The van der Waals surface area contributed by atoms with E-state index in [0.29, 0.717) is 22.2 Å². The SMILES string of the molecule is COc1ccc(S(=O)(=O)N(C)CC(=O)NCc2nc(-c3cccc(Cl)c3)no2)cc1. The van der Waals surface area contributed by atoms with Crippen LogP contribution in [0.25, 0.3) is 11.4 Å². The van der Waals surface area contributed by atoms with Gasteiger partial charge >= 0.3 is 0 Å². The number of benzene rings is 2. The number of aromatic nitrogens is 2. The third kappa shape index (κ3) is 5.15. The van der Waals surface area contributed by atoms with E-state index in [0.717, 1.165) is 4.31 Å². The Hall–Kier alpha value is -2.95. The number of nitrogens with one attached hydrogen (secondary N) is 1. The van der Waals surface area contributed by atoms with Crippen molar-refractivity contribution in [2.75, 3.05) is 20.7 Å². The van der Waals surface area contributed by atoms with Crippen molar-refractivity contribution in [3.63, 3.8) is 0 Å². The molecular weight excluding hydrogens is 432 g/mol. The molecule has 0 unspecified atom stereocenters. The van der Waals surface area contributed by atoms with Gasteiger partial charge in [0.1, 0.15) is 5.75 Å². The minimum absolute atomic E-state index is 0.0389. The highest BCUT2D eigenvalue weighted by molar-refractivity contribution is 7.89. The van der Waals surface area contributed by atoms with Crippen LogP contribution in [0.5, 0.6) is 5.75 Å². The van der Waals surface area contributed by atoms with Gasteiger partial charge in [0.25, 0.3) is 0 Å². The monoisotopic (exact) mass is 450 g/mol. The molecule has 1 aromatic heterocycles. The van der Waals surface area contributed by atoms with Crippen molar-refractivity contribution >= 4 is 27.5 Å². The average Bonchev–Trinajstić information content (AvgIpc) is 3.21. The van der Waals surface area contributed by atoms with E-state index in [1.165, 1.54) is 38.4 Å². The number of nitrogens with zero attached hydrogens (tertiary/aromatic N) is 3. The first-order valence-corrected chi connectivity index (χ1v) is 10.6. The summed E-state index contributed by atoms with van der Waals surface area (Å²) in [5.74, 6) is 0.531. The van der Waals surface area contributed by atoms with Gasteiger partial charge in [0.2, 0.25) is 27.6 Å². The summed E-state index contributed by atoms with van der Waals surface area (Å²) in [7, 11) is -1.02. The number of sulfonamides is 1. The fraction of sp³-hybridized carbons (Fsp3) is 0.211. The molecule has 11 heteroatoms. The minimum atomic E-state index is -3.82. The molecule has 0 bridgehead atoms. The Morgan fingerprint density at radius 2 is 1.97 bits per heavy atom. The quantitative estimate of drug-likeness (QED) is 0.560. The van der Waals surface area contributed by atoms with Crippen LogP contribution in [-0.2, 0) is 21.4 Å². The zero-order valence-corrected chi connectivity index (χ0v) is 17.8. The molecule has 3 rings (SSSR count). The molecule has 2 aromatic carbocycles. The molecule has 1 amide bonds. The van der Waals surface area contributed by atoms with Gasteiger partial charge in [0.15, 0.2) is 0 Å². The lowest BCUT2D eigenvalue weighted by molar-refractivity contribution is -0.121. The van der Waals surface area contributed by atoms with Crippen LogP contribution in [0.15, 0.2) is 57.9 Å². The highest BCUT2D eigenvalue weighted by Gasteiger charge is 2.23. The van der Waals surface area contributed by atoms with Crippen LogP contribution in [-0.4, -0.2) is 49.5 Å². The van der Waals surface area contributed by atoms with Gasteiger partial charge in [0.05, 0.1) is 25.1 Å². The molecule has 1 heterocycles. The van der Waals surface area contributed by atoms with E-state index in [4.69, 9.17) is 20.9 Å². The van der Waals surface area contributed by atoms with Crippen LogP contribution < -0.4 is 10.1 Å². The summed E-state index contributed by atoms with van der Waals surface area (Å²) in [5, 5.41) is 6.94. The fourth-order valence-electron chi connectivity index (χ4n) is 2.52. The Labute approximate surface area is 178 Å². The summed E-state index contributed by atoms with van der Waals surface area (Å²) in [4.78, 5) is 16.4. The van der Waals surface area contributed by atoms with Gasteiger partial charge in [-0.2, -0.15) is 9.29 Å². The first-order chi connectivity index (χ1) is 14.3. The predicted molar refractivity (Wildman–Crippen MR) is 109 cm³/mol. The van der Waals surface area contributed by atoms with E-state index in [1.807, 2.05) is 0 Å². The number of likely N-dealkylation sites (N-methyl/N-ethyl adjacent to an activating group) is 1. The Morgan fingerprint density at radius 3 is 2.63 bits per heavy atom. The number of hydrogen-bond donors (Lipinski definition) is 1. The van der Waals surface area contributed by atoms with Crippen molar-refractivity contribution in [2.24, 2.45) is 0 Å². The molecule has 0 radical (unpaired) electrons. The molecule has 0 aliphatic carbocycles. The molecule has 3 aromatic rings. The average molecular weight is 451 g/mol. The van der Waals surface area contributed by atoms with E-state index in [-0.39, 0.29) is 23.9 Å². The third-order valence-electron chi connectivity index (χ3n) is 4.12. The van der Waals surface area contributed by atoms with Gasteiger partial charge in [0, 0.05) is 17.6 Å². The van der Waals surface area contributed by atoms with Gasteiger partial charge in [-0.25, -0.2) is 8.42 Å². The first-order valence-electron chi connectivity index (χ1n) is 8.75. The van der Waals surface area contributed by atoms with Crippen LogP contribution in [0.2, 0.25) is 5.02 Å². The number of amides is 1. The number of carbonyl (C=O) groups excluding carboxylic acids is 1. The Balaban J connectivity index is 1.57. The highest BCUT2D eigenvalue weighted by Crippen LogP contribution is 2.20. The molecule has 30 heavy (non-hydrogen) atoms. The van der Waals surface area contributed by atoms with Gasteiger partial charge in [-0.15, -0.1) is 0 Å². The maximum atomic E-state index is 12.6. The number of methoxy groups -OCH3 is 1. The molecule has 0 fully saturated rings. The molecule has 0 spiro atoms. The van der Waals surface area contributed by atoms with E-state index >= 15 is 0 Å². The van der Waals surface area contributed by atoms with Gasteiger partial charge in [-0.3, -0.25) is 4.79 Å². The van der Waals surface area contributed by atoms with Crippen LogP contribution >= 0.6 is 11.6 Å². The van der Waals surface area contributed by atoms with E-state index in [2.05, 4.69) is 15.5 Å². The maximum absolute atomic E-state index is 12.6. The summed E-state index contributed by atoms with van der Waals surface area (Å²) in [5.41, 5.74) is 0.675. The summed E-state index contributed by atoms with van der Waals surface area (Å²) >= 11 is 5.95. The summed E-state index contributed by atoms with van der Waals surface area (Å²) in [6, 6.07) is 12.8. The van der Waals surface area contributed by atoms with Crippen molar-refractivity contribution in [3.8, 4) is 17.1 Å². The Morgan fingerprint density at radius 1 is 1.23 bits per heavy atom. The number of ether oxygens (including phenoxy) is 1. The molecular formula is C19H19ClN4O5S. The standard InChI is InChI=1S/C19H19ClN4O5S/c1-24(30(26,27)16-8-6-15(28-2)7-9-16)12-17(25)21-11-18-22-19(23-29-18)13-4-3-5-14(20)10-13/h3-10H,11-12H2,1-2H3,(H,21,25). The van der Waals surface area contributed by atoms with Crippen molar-refractivity contribution in [3.05, 3.63) is 59.4 Å². The second kappa shape index (κ2) is 9.24. The van der Waals surface area contributed by atoms with E-state index in [9.17, 15) is 13.2 Å². The summed E-state index contributed by atoms with van der Waals surface area (Å²) < 4.78 is 36.2. The van der Waals surface area contributed by atoms with E-state index in [1.54, 1.807) is 24.3 Å².